The van der Waals surface area contributed by atoms with E-state index in [2.05, 4.69) is 15.3 Å². The van der Waals surface area contributed by atoms with Crippen LogP contribution in [0, 0.1) is 5.92 Å². The molecule has 36 heavy (non-hydrogen) atoms. The first-order chi connectivity index (χ1) is 16.8. The molecule has 2 fully saturated rings. The summed E-state index contributed by atoms with van der Waals surface area (Å²) in [4.78, 5) is 64.4. The van der Waals surface area contributed by atoms with Crippen molar-refractivity contribution in [3.05, 3.63) is 33.8 Å². The number of hydrogen-bond acceptors (Lipinski definition) is 7. The van der Waals surface area contributed by atoms with Crippen LogP contribution in [0.1, 0.15) is 43.5 Å². The Hall–Kier alpha value is -2.83. The van der Waals surface area contributed by atoms with Crippen LogP contribution >= 0.6 is 23.2 Å². The third-order valence-corrected chi connectivity index (χ3v) is 6.47. The van der Waals surface area contributed by atoms with Crippen LogP contribution in [-0.4, -0.2) is 78.2 Å². The molecule has 2 heterocycles. The fourth-order valence-corrected chi connectivity index (χ4v) is 4.55. The lowest BCUT2D eigenvalue weighted by Crippen LogP contribution is -2.66. The van der Waals surface area contributed by atoms with Crippen molar-refractivity contribution in [2.45, 2.75) is 44.7 Å². The number of rotatable bonds is 9. The SMILES string of the molecule is CC(C)C[C@H](NC(=O)CNC(=O)c1cc(Cl)ccc1Cl)[B-]12OC(=O)C[C@](CC(=O)N(C)C)(O1)C(=O)[OH+]2. The first-order valence-electron chi connectivity index (χ1n) is 11.3. The summed E-state index contributed by atoms with van der Waals surface area (Å²) in [6.07, 6.45) is -0.613. The van der Waals surface area contributed by atoms with Gasteiger partial charge in [0.2, 0.25) is 17.4 Å². The maximum absolute atomic E-state index is 12.9. The van der Waals surface area contributed by atoms with Gasteiger partial charge in [-0.15, -0.1) is 0 Å². The van der Waals surface area contributed by atoms with Crippen LogP contribution < -0.4 is 10.6 Å². The molecule has 0 aliphatic carbocycles. The van der Waals surface area contributed by atoms with Crippen LogP contribution in [0.15, 0.2) is 18.2 Å². The van der Waals surface area contributed by atoms with Gasteiger partial charge < -0.3 is 29.5 Å². The van der Waals surface area contributed by atoms with E-state index in [-0.39, 0.29) is 29.3 Å². The van der Waals surface area contributed by atoms with Gasteiger partial charge in [-0.3, -0.25) is 19.2 Å². The number of amides is 3. The topological polar surface area (TPSA) is 144 Å². The highest BCUT2D eigenvalue weighted by Crippen LogP contribution is 2.41. The molecule has 11 nitrogen and oxygen atoms in total. The molecule has 0 saturated carbocycles. The number of carboxylic acids is 1. The lowest BCUT2D eigenvalue weighted by Gasteiger charge is -2.43. The molecule has 1 unspecified atom stereocenters. The summed E-state index contributed by atoms with van der Waals surface area (Å²) in [6.45, 7) is 0.300. The standard InChI is InChI=1S/C22H28BCl2N3O8/c1-12(2)7-16(27-17(29)11-26-20(32)14-8-13(24)5-6-15(14)25)23-34-19(31)10-22(36-23,21(33)35-23)9-18(30)28(3)4/h5-6,8,12,16,35H,7,9-11H2,1-4H3,(H,26,32)(H,27,29)/t16-,22-,23?/m0/s1. The van der Waals surface area contributed by atoms with E-state index in [1.54, 1.807) is 0 Å². The maximum atomic E-state index is 12.9. The van der Waals surface area contributed by atoms with Crippen molar-refractivity contribution in [3.63, 3.8) is 0 Å². The maximum Gasteiger partial charge on any atom is 0.594 e. The van der Waals surface area contributed by atoms with Crippen molar-refractivity contribution in [1.29, 1.82) is 0 Å². The highest BCUT2D eigenvalue weighted by Gasteiger charge is 2.70. The van der Waals surface area contributed by atoms with E-state index < -0.39 is 60.9 Å². The second kappa shape index (κ2) is 10.7. The Kier molecular flexibility index (Phi) is 8.22. The van der Waals surface area contributed by atoms with E-state index in [9.17, 15) is 24.0 Å². The van der Waals surface area contributed by atoms with Crippen molar-refractivity contribution >= 4 is 59.6 Å². The molecule has 2 saturated heterocycles. The molecule has 3 rings (SSSR count). The summed E-state index contributed by atoms with van der Waals surface area (Å²) in [5, 5.41) is 5.58. The molecule has 196 valence electrons. The van der Waals surface area contributed by atoms with Crippen molar-refractivity contribution < 1.29 is 37.9 Å². The molecule has 1 aromatic carbocycles. The van der Waals surface area contributed by atoms with Crippen LogP contribution in [0.2, 0.25) is 10.0 Å². The van der Waals surface area contributed by atoms with Crippen LogP contribution in [0.4, 0.5) is 0 Å². The van der Waals surface area contributed by atoms with Gasteiger partial charge in [0.1, 0.15) is 0 Å². The van der Waals surface area contributed by atoms with Gasteiger partial charge in [0, 0.05) is 29.9 Å². The van der Waals surface area contributed by atoms with Crippen LogP contribution in [0.5, 0.6) is 0 Å². The quantitative estimate of drug-likeness (QED) is 0.349. The molecule has 3 N–H and O–H groups in total. The number of hydrogen-bond donors (Lipinski definition) is 2. The third-order valence-electron chi connectivity index (χ3n) is 5.91. The highest BCUT2D eigenvalue weighted by molar-refractivity contribution is 6.67. The molecule has 2 aliphatic heterocycles. The molecule has 1 aromatic rings. The van der Waals surface area contributed by atoms with Crippen LogP contribution in [-0.2, 0) is 28.5 Å². The first-order valence-corrected chi connectivity index (χ1v) is 12.1. The highest BCUT2D eigenvalue weighted by atomic mass is 35.5. The van der Waals surface area contributed by atoms with Gasteiger partial charge in [0.15, 0.2) is 0 Å². The summed E-state index contributed by atoms with van der Waals surface area (Å²) in [6, 6.07) is 4.35. The summed E-state index contributed by atoms with van der Waals surface area (Å²) in [5.41, 5.74) is -1.69. The summed E-state index contributed by atoms with van der Waals surface area (Å²) >= 11 is 11.9. The fraction of sp³-hybridized carbons (Fsp3) is 0.500. The second-order valence-corrected chi connectivity index (χ2v) is 10.4. The lowest BCUT2D eigenvalue weighted by atomic mass is 9.64. The molecule has 3 amide bonds. The van der Waals surface area contributed by atoms with E-state index in [4.69, 9.17) is 32.5 Å². The number of carbonyl (C=O) groups excluding carboxylic acids is 4. The van der Waals surface area contributed by atoms with E-state index >= 15 is 0 Å². The number of fused-ring (bicyclic) bond motifs is 2. The Morgan fingerprint density at radius 3 is 2.56 bits per heavy atom. The van der Waals surface area contributed by atoms with Crippen molar-refractivity contribution in [2.24, 2.45) is 5.92 Å². The Bertz CT molecular complexity index is 1100. The van der Waals surface area contributed by atoms with Gasteiger partial charge in [-0.2, -0.15) is 0 Å². The second-order valence-electron chi connectivity index (χ2n) is 9.52. The van der Waals surface area contributed by atoms with Gasteiger partial charge in [-0.05, 0) is 24.1 Å². The van der Waals surface area contributed by atoms with Crippen molar-refractivity contribution in [2.75, 3.05) is 20.6 Å². The van der Waals surface area contributed by atoms with E-state index in [0.717, 1.165) is 0 Å². The molecular formula is C22H28BCl2N3O8. The molecule has 3 atom stereocenters. The zero-order valence-corrected chi connectivity index (χ0v) is 21.8. The molecule has 2 bridgehead atoms. The number of nitrogens with one attached hydrogen (secondary N) is 2. The summed E-state index contributed by atoms with van der Waals surface area (Å²) in [5.74, 6) is -4.26. The van der Waals surface area contributed by atoms with Crippen LogP contribution in [0.3, 0.4) is 0 Å². The van der Waals surface area contributed by atoms with Crippen molar-refractivity contribution in [3.8, 4) is 0 Å². The molecule has 14 heteroatoms. The van der Waals surface area contributed by atoms with E-state index in [1.807, 2.05) is 13.8 Å². The van der Waals surface area contributed by atoms with E-state index in [0.29, 0.717) is 5.02 Å². The first kappa shape index (κ1) is 27.8. The largest absolute Gasteiger partial charge is 0.715 e. The lowest BCUT2D eigenvalue weighted by molar-refractivity contribution is -0.160. The zero-order valence-electron chi connectivity index (χ0n) is 20.3. The molecular weight excluding hydrogens is 516 g/mol. The number of benzene rings is 1. The average Bonchev–Trinajstić information content (AvgIpc) is 2.98. The van der Waals surface area contributed by atoms with E-state index in [1.165, 1.54) is 37.2 Å². The Morgan fingerprint density at radius 1 is 1.22 bits per heavy atom. The molecule has 0 spiro atoms. The predicted octanol–water partition coefficient (Wildman–Crippen LogP) is 0.981. The van der Waals surface area contributed by atoms with Crippen molar-refractivity contribution in [1.82, 2.24) is 15.5 Å². The normalized spacial score (nSPS) is 23.5. The minimum Gasteiger partial charge on any atom is -0.715 e. The monoisotopic (exact) mass is 543 g/mol. The zero-order chi connectivity index (χ0) is 26.8. The Balaban J connectivity index is 1.77. The smallest absolute Gasteiger partial charge is 0.594 e. The number of carbonyl (C=O) groups is 5. The molecule has 0 aromatic heterocycles. The van der Waals surface area contributed by atoms with Gasteiger partial charge in [0.25, 0.3) is 11.9 Å². The summed E-state index contributed by atoms with van der Waals surface area (Å²) < 4.78 is 15.5. The van der Waals surface area contributed by atoms with Crippen LogP contribution in [0.25, 0.3) is 0 Å². The third kappa shape index (κ3) is 5.93. The minimum atomic E-state index is -2.97. The fourth-order valence-electron chi connectivity index (χ4n) is 4.18. The number of aliphatic carboxylic acids is 1. The Morgan fingerprint density at radius 2 is 1.92 bits per heavy atom. The summed E-state index contributed by atoms with van der Waals surface area (Å²) in [7, 11) is 3.03. The minimum absolute atomic E-state index is 0.0284. The molecule has 2 aliphatic rings. The number of nitrogens with zero attached hydrogens (tertiary/aromatic N) is 1. The predicted molar refractivity (Wildman–Crippen MR) is 131 cm³/mol. The molecule has 0 radical (unpaired) electrons. The van der Waals surface area contributed by atoms with Gasteiger partial charge in [-0.1, -0.05) is 43.5 Å². The van der Waals surface area contributed by atoms with Gasteiger partial charge >= 0.3 is 12.7 Å². The number of halogens is 2. The Labute approximate surface area is 218 Å². The van der Waals surface area contributed by atoms with Gasteiger partial charge in [0.05, 0.1) is 30.0 Å². The average molecular weight is 544 g/mol. The van der Waals surface area contributed by atoms with Gasteiger partial charge in [-0.25, -0.2) is 0 Å².